The first-order valence-corrected chi connectivity index (χ1v) is 7.31. The third-order valence-corrected chi connectivity index (χ3v) is 3.54. The molecule has 0 heterocycles. The van der Waals surface area contributed by atoms with Crippen molar-refractivity contribution < 1.29 is 9.53 Å². The van der Waals surface area contributed by atoms with Gasteiger partial charge in [0.2, 0.25) is 0 Å². The summed E-state index contributed by atoms with van der Waals surface area (Å²) in [4.78, 5) is 11.9. The van der Waals surface area contributed by atoms with Gasteiger partial charge in [0, 0.05) is 0 Å². The van der Waals surface area contributed by atoms with Gasteiger partial charge >= 0.3 is 5.97 Å². The van der Waals surface area contributed by atoms with Crippen LogP contribution in [0.2, 0.25) is 5.02 Å². The van der Waals surface area contributed by atoms with Crippen LogP contribution in [-0.2, 0) is 11.2 Å². The number of carbonyl (C=O) groups excluding carboxylic acids is 1. The maximum absolute atomic E-state index is 11.9. The molecule has 4 heteroatoms. The van der Waals surface area contributed by atoms with Gasteiger partial charge in [0.05, 0.1) is 22.9 Å². The highest BCUT2D eigenvalue weighted by Gasteiger charge is 2.12. The smallest absolute Gasteiger partial charge is 0.340 e. The third kappa shape index (κ3) is 4.50. The van der Waals surface area contributed by atoms with Gasteiger partial charge < -0.3 is 10.5 Å². The van der Waals surface area contributed by atoms with Crippen LogP contribution in [0.1, 0.15) is 28.8 Å². The van der Waals surface area contributed by atoms with Gasteiger partial charge in [0.25, 0.3) is 0 Å². The minimum Gasteiger partial charge on any atom is -0.462 e. The number of ether oxygens (including phenoxy) is 1. The molecule has 0 aliphatic heterocycles. The molecule has 3 nitrogen and oxygen atoms in total. The van der Waals surface area contributed by atoms with Crippen LogP contribution in [0.5, 0.6) is 0 Å². The van der Waals surface area contributed by atoms with Crippen LogP contribution in [0, 0.1) is 0 Å². The van der Waals surface area contributed by atoms with Crippen molar-refractivity contribution in [1.82, 2.24) is 0 Å². The van der Waals surface area contributed by atoms with Crippen LogP contribution in [0.3, 0.4) is 0 Å². The topological polar surface area (TPSA) is 52.3 Å². The molecule has 0 saturated carbocycles. The zero-order valence-corrected chi connectivity index (χ0v) is 12.5. The van der Waals surface area contributed by atoms with E-state index in [4.69, 9.17) is 22.1 Å². The molecule has 21 heavy (non-hydrogen) atoms. The van der Waals surface area contributed by atoms with Crippen LogP contribution < -0.4 is 5.73 Å². The Bertz CT molecular complexity index is 599. The number of unbranched alkanes of at least 4 members (excludes halogenated alkanes) is 1. The van der Waals surface area contributed by atoms with Crippen molar-refractivity contribution in [2.75, 3.05) is 12.3 Å². The number of hydrogen-bond acceptors (Lipinski definition) is 3. The number of para-hydroxylation sites is 1. The van der Waals surface area contributed by atoms with Crippen molar-refractivity contribution in [1.29, 1.82) is 0 Å². The lowest BCUT2D eigenvalue weighted by Crippen LogP contribution is -2.09. The van der Waals surface area contributed by atoms with Crippen molar-refractivity contribution in [3.63, 3.8) is 0 Å². The van der Waals surface area contributed by atoms with Crippen molar-refractivity contribution in [3.05, 3.63) is 64.7 Å². The molecule has 0 amide bonds. The second-order valence-electron chi connectivity index (χ2n) is 4.78. The molecule has 0 aromatic heterocycles. The molecule has 0 spiro atoms. The fourth-order valence-electron chi connectivity index (χ4n) is 2.03. The number of esters is 1. The lowest BCUT2D eigenvalue weighted by atomic mass is 10.1. The second kappa shape index (κ2) is 7.70. The van der Waals surface area contributed by atoms with Crippen molar-refractivity contribution in [3.8, 4) is 0 Å². The molecule has 0 saturated heterocycles. The van der Waals surface area contributed by atoms with Crippen molar-refractivity contribution in [2.24, 2.45) is 0 Å². The number of benzene rings is 2. The van der Waals surface area contributed by atoms with Gasteiger partial charge in [-0.05, 0) is 37.0 Å². The monoisotopic (exact) mass is 303 g/mol. The summed E-state index contributed by atoms with van der Waals surface area (Å²) in [6.45, 7) is 0.387. The first-order chi connectivity index (χ1) is 10.2. The number of hydrogen-bond donors (Lipinski definition) is 1. The van der Waals surface area contributed by atoms with E-state index < -0.39 is 5.97 Å². The summed E-state index contributed by atoms with van der Waals surface area (Å²) in [5.74, 6) is -0.422. The quantitative estimate of drug-likeness (QED) is 0.496. The lowest BCUT2D eigenvalue weighted by molar-refractivity contribution is 0.0500. The van der Waals surface area contributed by atoms with E-state index in [2.05, 4.69) is 12.1 Å². The molecule has 0 aliphatic rings. The summed E-state index contributed by atoms with van der Waals surface area (Å²) in [6.07, 6.45) is 2.78. The van der Waals surface area contributed by atoms with Crippen molar-refractivity contribution >= 4 is 23.3 Å². The number of carbonyl (C=O) groups is 1. The Hall–Kier alpha value is -2.00. The summed E-state index contributed by atoms with van der Waals surface area (Å²) in [6, 6.07) is 15.2. The molecule has 0 radical (unpaired) electrons. The maximum atomic E-state index is 11.9. The van der Waals surface area contributed by atoms with Gasteiger partial charge in [-0.1, -0.05) is 48.0 Å². The largest absolute Gasteiger partial charge is 0.462 e. The zero-order valence-electron chi connectivity index (χ0n) is 11.7. The van der Waals surface area contributed by atoms with Gasteiger partial charge in [0.15, 0.2) is 0 Å². The summed E-state index contributed by atoms with van der Waals surface area (Å²) in [5, 5.41) is 0.369. The summed E-state index contributed by atoms with van der Waals surface area (Å²) < 4.78 is 5.22. The predicted octanol–water partition coefficient (Wildman–Crippen LogP) is 4.10. The molecule has 2 N–H and O–H groups in total. The number of halogens is 1. The molecule has 2 aromatic carbocycles. The van der Waals surface area contributed by atoms with Gasteiger partial charge in [-0.2, -0.15) is 0 Å². The fraction of sp³-hybridized carbons (Fsp3) is 0.235. The summed E-state index contributed by atoms with van der Waals surface area (Å²) in [5.41, 5.74) is 7.65. The van der Waals surface area contributed by atoms with Crippen LogP contribution in [0.15, 0.2) is 48.5 Å². The van der Waals surface area contributed by atoms with Crippen LogP contribution in [-0.4, -0.2) is 12.6 Å². The Balaban J connectivity index is 1.73. The number of nitrogen functional groups attached to an aromatic ring is 1. The third-order valence-electron chi connectivity index (χ3n) is 3.21. The zero-order chi connectivity index (χ0) is 15.1. The fourth-order valence-corrected chi connectivity index (χ4v) is 2.21. The maximum Gasteiger partial charge on any atom is 0.340 e. The Kier molecular flexibility index (Phi) is 5.64. The predicted molar refractivity (Wildman–Crippen MR) is 85.5 cm³/mol. The molecular formula is C17H18ClNO2. The molecule has 0 fully saturated rings. The van der Waals surface area contributed by atoms with Gasteiger partial charge in [-0.25, -0.2) is 4.79 Å². The highest BCUT2D eigenvalue weighted by molar-refractivity contribution is 6.33. The first kappa shape index (κ1) is 15.4. The molecule has 0 atom stereocenters. The van der Waals surface area contributed by atoms with Crippen LogP contribution >= 0.6 is 11.6 Å². The van der Waals surface area contributed by atoms with Crippen LogP contribution in [0.25, 0.3) is 0 Å². The number of anilines is 1. The summed E-state index contributed by atoms with van der Waals surface area (Å²) in [7, 11) is 0. The van der Waals surface area contributed by atoms with E-state index in [1.807, 2.05) is 18.2 Å². The highest BCUT2D eigenvalue weighted by Crippen LogP contribution is 2.23. The Morgan fingerprint density at radius 3 is 2.57 bits per heavy atom. The number of aryl methyl sites for hydroxylation is 1. The van der Waals surface area contributed by atoms with E-state index in [0.717, 1.165) is 19.3 Å². The first-order valence-electron chi connectivity index (χ1n) is 6.93. The van der Waals surface area contributed by atoms with E-state index in [0.29, 0.717) is 17.2 Å². The Morgan fingerprint density at radius 1 is 1.05 bits per heavy atom. The van der Waals surface area contributed by atoms with Gasteiger partial charge in [-0.15, -0.1) is 0 Å². The van der Waals surface area contributed by atoms with E-state index in [1.54, 1.807) is 18.2 Å². The molecular weight excluding hydrogens is 286 g/mol. The van der Waals surface area contributed by atoms with E-state index in [1.165, 1.54) is 5.56 Å². The van der Waals surface area contributed by atoms with Gasteiger partial charge in [-0.3, -0.25) is 0 Å². The Morgan fingerprint density at radius 2 is 1.81 bits per heavy atom. The minimum atomic E-state index is -0.422. The molecule has 0 bridgehead atoms. The average Bonchev–Trinajstić information content (AvgIpc) is 2.50. The van der Waals surface area contributed by atoms with Crippen LogP contribution in [0.4, 0.5) is 5.69 Å². The standard InChI is InChI=1S/C17H18ClNO2/c18-15-11-6-10-14(16(15)19)17(20)21-12-5-4-9-13-7-2-1-3-8-13/h1-3,6-8,10-11H,4-5,9,12,19H2. The molecule has 2 aromatic rings. The lowest BCUT2D eigenvalue weighted by Gasteiger charge is -2.08. The number of nitrogens with two attached hydrogens (primary N) is 1. The van der Waals surface area contributed by atoms with E-state index in [-0.39, 0.29) is 5.69 Å². The SMILES string of the molecule is Nc1c(Cl)cccc1C(=O)OCCCCc1ccccc1. The molecule has 0 unspecified atom stereocenters. The number of rotatable bonds is 6. The van der Waals surface area contributed by atoms with Crippen molar-refractivity contribution in [2.45, 2.75) is 19.3 Å². The second-order valence-corrected chi connectivity index (χ2v) is 5.19. The minimum absolute atomic E-state index is 0.272. The molecule has 0 aliphatic carbocycles. The average molecular weight is 304 g/mol. The normalized spacial score (nSPS) is 10.3. The summed E-state index contributed by atoms with van der Waals surface area (Å²) >= 11 is 5.88. The van der Waals surface area contributed by atoms with E-state index >= 15 is 0 Å². The highest BCUT2D eigenvalue weighted by atomic mass is 35.5. The van der Waals surface area contributed by atoms with Gasteiger partial charge in [0.1, 0.15) is 0 Å². The van der Waals surface area contributed by atoms with E-state index in [9.17, 15) is 4.79 Å². The molecule has 2 rings (SSSR count). The Labute approximate surface area is 129 Å². The molecule has 110 valence electrons.